The quantitative estimate of drug-likeness (QED) is 0.634. The minimum Gasteiger partial charge on any atom is -0.478 e. The number of carbonyl (C=O) groups excluding carboxylic acids is 1. The Kier molecular flexibility index (Phi) is 4.77. The van der Waals surface area contributed by atoms with Crippen LogP contribution in [0.1, 0.15) is 29.5 Å². The highest BCUT2D eigenvalue weighted by atomic mass is 16.4. The van der Waals surface area contributed by atoms with Gasteiger partial charge in [0, 0.05) is 13.5 Å². The van der Waals surface area contributed by atoms with E-state index in [4.69, 9.17) is 5.11 Å². The number of aromatic amines is 1. The molecule has 0 aliphatic carbocycles. The third-order valence-electron chi connectivity index (χ3n) is 3.62. The number of aromatic nitrogens is 2. The van der Waals surface area contributed by atoms with Gasteiger partial charge in [0.1, 0.15) is 5.82 Å². The molecule has 0 unspecified atom stereocenters. The zero-order chi connectivity index (χ0) is 16.3. The minimum atomic E-state index is -0.993. The van der Waals surface area contributed by atoms with Gasteiger partial charge in [0.25, 0.3) is 0 Å². The van der Waals surface area contributed by atoms with E-state index in [1.165, 1.54) is 19.2 Å². The molecule has 7 heteroatoms. The molecule has 0 bridgehead atoms. The highest BCUT2D eigenvalue weighted by Crippen LogP contribution is 2.18. The van der Waals surface area contributed by atoms with E-state index >= 15 is 0 Å². The normalized spacial score (nSPS) is 13.8. The number of nitrogens with one attached hydrogen (secondary N) is 2. The Bertz CT molecular complexity index is 695. The fourth-order valence-electron chi connectivity index (χ4n) is 2.23. The van der Waals surface area contributed by atoms with Crippen LogP contribution in [0.25, 0.3) is 11.0 Å². The first kappa shape index (κ1) is 16.0. The van der Waals surface area contributed by atoms with Crippen molar-refractivity contribution in [2.75, 3.05) is 7.05 Å². The van der Waals surface area contributed by atoms with Crippen LogP contribution < -0.4 is 5.32 Å². The Balaban J connectivity index is 2.11. The first-order chi connectivity index (χ1) is 10.4. The van der Waals surface area contributed by atoms with Gasteiger partial charge in [0.05, 0.1) is 29.1 Å². The van der Waals surface area contributed by atoms with E-state index in [-0.39, 0.29) is 23.8 Å². The fraction of sp³-hybridized carbons (Fsp3) is 0.400. The monoisotopic (exact) mass is 305 g/mol. The number of imidazole rings is 1. The molecule has 0 aliphatic rings. The van der Waals surface area contributed by atoms with E-state index in [0.717, 1.165) is 0 Å². The van der Waals surface area contributed by atoms with Crippen molar-refractivity contribution in [1.82, 2.24) is 15.3 Å². The molecule has 22 heavy (non-hydrogen) atoms. The molecule has 1 aromatic heterocycles. The van der Waals surface area contributed by atoms with E-state index < -0.39 is 12.1 Å². The van der Waals surface area contributed by atoms with Gasteiger partial charge in [-0.05, 0) is 24.1 Å². The highest BCUT2D eigenvalue weighted by molar-refractivity contribution is 5.92. The predicted octanol–water partition coefficient (Wildman–Crippen LogP) is 0.937. The molecule has 2 aromatic rings. The molecule has 1 heterocycles. The molecular formula is C15H19N3O4. The fourth-order valence-corrected chi connectivity index (χ4v) is 2.23. The number of benzene rings is 1. The molecule has 0 radical (unpaired) electrons. The zero-order valence-corrected chi connectivity index (χ0v) is 12.5. The summed E-state index contributed by atoms with van der Waals surface area (Å²) in [6.45, 7) is 1.84. The number of carboxylic acids is 1. The summed E-state index contributed by atoms with van der Waals surface area (Å²) in [6, 6.07) is 4.67. The Morgan fingerprint density at radius 3 is 2.77 bits per heavy atom. The van der Waals surface area contributed by atoms with Crippen LogP contribution in [0, 0.1) is 5.92 Å². The number of rotatable bonds is 6. The Morgan fingerprint density at radius 2 is 2.14 bits per heavy atom. The molecule has 0 aliphatic heterocycles. The molecule has 0 saturated heterocycles. The first-order valence-corrected chi connectivity index (χ1v) is 7.01. The number of hydrogen-bond acceptors (Lipinski definition) is 4. The Morgan fingerprint density at radius 1 is 1.41 bits per heavy atom. The van der Waals surface area contributed by atoms with Gasteiger partial charge in [-0.2, -0.15) is 0 Å². The van der Waals surface area contributed by atoms with Crippen LogP contribution >= 0.6 is 0 Å². The summed E-state index contributed by atoms with van der Waals surface area (Å²) in [5.41, 5.74) is 1.51. The van der Waals surface area contributed by atoms with Gasteiger partial charge in [-0.15, -0.1) is 0 Å². The molecule has 0 spiro atoms. The maximum atomic E-state index is 11.3. The van der Waals surface area contributed by atoms with Crippen molar-refractivity contribution in [3.8, 4) is 0 Å². The summed E-state index contributed by atoms with van der Waals surface area (Å²) in [5, 5.41) is 21.4. The number of aliphatic hydroxyl groups excluding tert-OH is 1. The van der Waals surface area contributed by atoms with Crippen LogP contribution in [-0.2, 0) is 11.2 Å². The number of carbonyl (C=O) groups is 2. The van der Waals surface area contributed by atoms with Crippen molar-refractivity contribution in [3.05, 3.63) is 29.6 Å². The van der Waals surface area contributed by atoms with Gasteiger partial charge in [0.15, 0.2) is 0 Å². The van der Waals surface area contributed by atoms with Gasteiger partial charge in [-0.3, -0.25) is 4.79 Å². The van der Waals surface area contributed by atoms with Gasteiger partial charge in [-0.1, -0.05) is 6.92 Å². The summed E-state index contributed by atoms with van der Waals surface area (Å²) in [6.07, 6.45) is -0.251. The number of H-pyrrole nitrogens is 1. The van der Waals surface area contributed by atoms with E-state index in [1.54, 1.807) is 6.07 Å². The van der Waals surface area contributed by atoms with E-state index in [2.05, 4.69) is 15.3 Å². The lowest BCUT2D eigenvalue weighted by Crippen LogP contribution is -2.29. The molecule has 7 nitrogen and oxygen atoms in total. The largest absolute Gasteiger partial charge is 0.478 e. The lowest BCUT2D eigenvalue weighted by molar-refractivity contribution is -0.123. The third-order valence-corrected chi connectivity index (χ3v) is 3.62. The number of aliphatic hydroxyl groups is 1. The SMILES string of the molecule is CNC(=O)C[C@H](O)[C@H](C)Cc1nc2ccc(C(=O)O)cc2[nH]1. The lowest BCUT2D eigenvalue weighted by atomic mass is 9.98. The van der Waals surface area contributed by atoms with Gasteiger partial charge in [0.2, 0.25) is 5.91 Å². The maximum absolute atomic E-state index is 11.3. The van der Waals surface area contributed by atoms with Crippen LogP contribution in [0.3, 0.4) is 0 Å². The summed E-state index contributed by atoms with van der Waals surface area (Å²) in [7, 11) is 1.53. The van der Waals surface area contributed by atoms with Crippen molar-refractivity contribution in [2.45, 2.75) is 25.9 Å². The average Bonchev–Trinajstić information content (AvgIpc) is 2.87. The number of fused-ring (bicyclic) bond motifs is 1. The van der Waals surface area contributed by atoms with Crippen LogP contribution in [0.2, 0.25) is 0 Å². The summed E-state index contributed by atoms with van der Waals surface area (Å²) >= 11 is 0. The van der Waals surface area contributed by atoms with Crippen molar-refractivity contribution >= 4 is 22.9 Å². The van der Waals surface area contributed by atoms with Crippen LogP contribution in [0.5, 0.6) is 0 Å². The molecular weight excluding hydrogens is 286 g/mol. The number of nitrogens with zero attached hydrogens (tertiary/aromatic N) is 1. The van der Waals surface area contributed by atoms with E-state index in [0.29, 0.717) is 23.3 Å². The molecule has 1 aromatic carbocycles. The second-order valence-corrected chi connectivity index (χ2v) is 5.35. The molecule has 1 amide bonds. The number of hydrogen-bond donors (Lipinski definition) is 4. The first-order valence-electron chi connectivity index (χ1n) is 7.01. The van der Waals surface area contributed by atoms with Gasteiger partial charge in [-0.25, -0.2) is 9.78 Å². The maximum Gasteiger partial charge on any atom is 0.335 e. The van der Waals surface area contributed by atoms with Crippen molar-refractivity contribution in [3.63, 3.8) is 0 Å². The number of amides is 1. The summed E-state index contributed by atoms with van der Waals surface area (Å²) in [4.78, 5) is 29.6. The Labute approximate surface area is 127 Å². The standard InChI is InChI=1S/C15H19N3O4/c1-8(12(19)7-14(20)16-2)5-13-17-10-4-3-9(15(21)22)6-11(10)18-13/h3-4,6,8,12,19H,5,7H2,1-2H3,(H,16,20)(H,17,18)(H,21,22)/t8-,12+/m1/s1. The second-order valence-electron chi connectivity index (χ2n) is 5.35. The van der Waals surface area contributed by atoms with Gasteiger partial charge < -0.3 is 20.5 Å². The minimum absolute atomic E-state index is 0.0427. The van der Waals surface area contributed by atoms with E-state index in [9.17, 15) is 14.7 Å². The van der Waals surface area contributed by atoms with Gasteiger partial charge >= 0.3 is 5.97 Å². The predicted molar refractivity (Wildman–Crippen MR) is 80.6 cm³/mol. The average molecular weight is 305 g/mol. The van der Waals surface area contributed by atoms with E-state index in [1.807, 2.05) is 6.92 Å². The number of carboxylic acid groups (broad SMARTS) is 1. The highest BCUT2D eigenvalue weighted by Gasteiger charge is 2.19. The third kappa shape index (κ3) is 3.62. The smallest absolute Gasteiger partial charge is 0.335 e. The van der Waals surface area contributed by atoms with Crippen molar-refractivity contribution in [1.29, 1.82) is 0 Å². The Hall–Kier alpha value is -2.41. The molecule has 4 N–H and O–H groups in total. The summed E-state index contributed by atoms with van der Waals surface area (Å²) in [5.74, 6) is -0.708. The molecule has 0 saturated carbocycles. The zero-order valence-electron chi connectivity index (χ0n) is 12.5. The lowest BCUT2D eigenvalue weighted by Gasteiger charge is -2.16. The molecule has 2 rings (SSSR count). The second kappa shape index (κ2) is 6.57. The summed E-state index contributed by atoms with van der Waals surface area (Å²) < 4.78 is 0. The topological polar surface area (TPSA) is 115 Å². The van der Waals surface area contributed by atoms with Crippen molar-refractivity contribution in [2.24, 2.45) is 5.92 Å². The molecule has 118 valence electrons. The van der Waals surface area contributed by atoms with Crippen LogP contribution in [0.4, 0.5) is 0 Å². The van der Waals surface area contributed by atoms with Crippen LogP contribution in [0.15, 0.2) is 18.2 Å². The molecule has 2 atom stereocenters. The van der Waals surface area contributed by atoms with Crippen molar-refractivity contribution < 1.29 is 19.8 Å². The number of aromatic carboxylic acids is 1. The van der Waals surface area contributed by atoms with Crippen LogP contribution in [-0.4, -0.2) is 45.2 Å². The molecule has 0 fully saturated rings.